The highest BCUT2D eigenvalue weighted by atomic mass is 16.6. The summed E-state index contributed by atoms with van der Waals surface area (Å²) < 4.78 is 10.5. The summed E-state index contributed by atoms with van der Waals surface area (Å²) in [6.07, 6.45) is -1.65. The van der Waals surface area contributed by atoms with Crippen molar-refractivity contribution in [1.82, 2.24) is 10.6 Å². The van der Waals surface area contributed by atoms with Gasteiger partial charge < -0.3 is 25.2 Å². The standard InChI is InChI=1S/C24H28N2O6/c1-14(20(21(27)28)26-23(30)32-24(2,3)4)25-22(29)31-13-19-17-11-7-5-9-15(17)16-10-6-8-12-18(16)19/h5-12,14,19-20H,13H2,1-4H3,(H,25,29)(H,26,30)(H,27,28)/t14-,20+/m1/s1. The fraction of sp³-hybridized carbons (Fsp3) is 0.375. The van der Waals surface area contributed by atoms with Crippen molar-refractivity contribution < 1.29 is 29.0 Å². The SMILES string of the molecule is C[C@@H](NC(=O)OCC1c2ccccc2-c2ccccc21)[C@H](NC(=O)OC(C)(C)C)C(=O)O. The highest BCUT2D eigenvalue weighted by molar-refractivity contribution is 5.82. The number of rotatable bonds is 6. The molecule has 2 amide bonds. The van der Waals surface area contributed by atoms with Gasteiger partial charge in [0.15, 0.2) is 0 Å². The number of carbonyl (C=O) groups is 3. The highest BCUT2D eigenvalue weighted by Crippen LogP contribution is 2.44. The predicted molar refractivity (Wildman–Crippen MR) is 118 cm³/mol. The third-order valence-corrected chi connectivity index (χ3v) is 5.13. The van der Waals surface area contributed by atoms with E-state index >= 15 is 0 Å². The van der Waals surface area contributed by atoms with Crippen molar-refractivity contribution in [2.75, 3.05) is 6.61 Å². The summed E-state index contributed by atoms with van der Waals surface area (Å²) in [5.41, 5.74) is 3.58. The van der Waals surface area contributed by atoms with Gasteiger partial charge in [0.1, 0.15) is 18.2 Å². The van der Waals surface area contributed by atoms with Gasteiger partial charge in [-0.2, -0.15) is 0 Å². The maximum absolute atomic E-state index is 12.4. The van der Waals surface area contributed by atoms with Crippen LogP contribution in [-0.4, -0.2) is 47.6 Å². The van der Waals surface area contributed by atoms with Crippen LogP contribution in [0.5, 0.6) is 0 Å². The van der Waals surface area contributed by atoms with Gasteiger partial charge in [-0.25, -0.2) is 14.4 Å². The molecule has 32 heavy (non-hydrogen) atoms. The number of carbonyl (C=O) groups excluding carboxylic acids is 2. The van der Waals surface area contributed by atoms with Gasteiger partial charge in [-0.1, -0.05) is 48.5 Å². The maximum Gasteiger partial charge on any atom is 0.408 e. The molecule has 0 bridgehead atoms. The Bertz CT molecular complexity index is 968. The first-order valence-electron chi connectivity index (χ1n) is 10.4. The van der Waals surface area contributed by atoms with E-state index in [1.165, 1.54) is 6.92 Å². The summed E-state index contributed by atoms with van der Waals surface area (Å²) >= 11 is 0. The Balaban J connectivity index is 1.61. The molecule has 1 aliphatic carbocycles. The Labute approximate surface area is 186 Å². The molecule has 0 saturated carbocycles. The number of hydrogen-bond acceptors (Lipinski definition) is 5. The second-order valence-corrected chi connectivity index (χ2v) is 8.72. The van der Waals surface area contributed by atoms with E-state index in [0.29, 0.717) is 0 Å². The largest absolute Gasteiger partial charge is 0.480 e. The van der Waals surface area contributed by atoms with Gasteiger partial charge in [-0.05, 0) is 49.9 Å². The summed E-state index contributed by atoms with van der Waals surface area (Å²) in [4.78, 5) is 36.0. The molecule has 170 valence electrons. The van der Waals surface area contributed by atoms with Crippen molar-refractivity contribution in [3.05, 3.63) is 59.7 Å². The first-order chi connectivity index (χ1) is 15.1. The molecular formula is C24H28N2O6. The van der Waals surface area contributed by atoms with Crippen LogP contribution >= 0.6 is 0 Å². The van der Waals surface area contributed by atoms with Gasteiger partial charge >= 0.3 is 18.2 Å². The summed E-state index contributed by atoms with van der Waals surface area (Å²) in [6, 6.07) is 13.6. The zero-order valence-electron chi connectivity index (χ0n) is 18.5. The Morgan fingerprint density at radius 3 is 1.97 bits per heavy atom. The van der Waals surface area contributed by atoms with Crippen molar-refractivity contribution in [2.24, 2.45) is 0 Å². The van der Waals surface area contributed by atoms with E-state index in [4.69, 9.17) is 9.47 Å². The fourth-order valence-electron chi connectivity index (χ4n) is 3.74. The van der Waals surface area contributed by atoms with Crippen LogP contribution in [0.15, 0.2) is 48.5 Å². The van der Waals surface area contributed by atoms with Crippen LogP contribution in [0, 0.1) is 0 Å². The van der Waals surface area contributed by atoms with Crippen molar-refractivity contribution >= 4 is 18.2 Å². The number of aliphatic carboxylic acids is 1. The lowest BCUT2D eigenvalue weighted by molar-refractivity contribution is -0.140. The minimum absolute atomic E-state index is 0.101. The van der Waals surface area contributed by atoms with Gasteiger partial charge in [0.05, 0.1) is 6.04 Å². The molecule has 2 atom stereocenters. The van der Waals surface area contributed by atoms with Crippen LogP contribution < -0.4 is 10.6 Å². The third kappa shape index (κ3) is 5.38. The average molecular weight is 440 g/mol. The van der Waals surface area contributed by atoms with Gasteiger partial charge in [0.25, 0.3) is 0 Å². The molecule has 8 heteroatoms. The predicted octanol–water partition coefficient (Wildman–Crippen LogP) is 3.89. The Hall–Kier alpha value is -3.55. The molecular weight excluding hydrogens is 412 g/mol. The number of alkyl carbamates (subject to hydrolysis) is 2. The lowest BCUT2D eigenvalue weighted by Gasteiger charge is -2.25. The Morgan fingerprint density at radius 2 is 1.47 bits per heavy atom. The minimum Gasteiger partial charge on any atom is -0.480 e. The zero-order valence-corrected chi connectivity index (χ0v) is 18.5. The Kier molecular flexibility index (Phi) is 6.72. The molecule has 0 heterocycles. The quantitative estimate of drug-likeness (QED) is 0.628. The van der Waals surface area contributed by atoms with Crippen molar-refractivity contribution in [2.45, 2.75) is 51.3 Å². The number of carboxylic acid groups (broad SMARTS) is 1. The Morgan fingerprint density at radius 1 is 0.938 bits per heavy atom. The molecule has 3 N–H and O–H groups in total. The number of amides is 2. The number of carboxylic acids is 1. The molecule has 2 aromatic carbocycles. The second kappa shape index (κ2) is 9.30. The van der Waals surface area contributed by atoms with E-state index in [9.17, 15) is 19.5 Å². The van der Waals surface area contributed by atoms with Gasteiger partial charge in [-0.3, -0.25) is 0 Å². The third-order valence-electron chi connectivity index (χ3n) is 5.13. The molecule has 0 aromatic heterocycles. The number of fused-ring (bicyclic) bond motifs is 3. The van der Waals surface area contributed by atoms with Gasteiger partial charge in [0.2, 0.25) is 0 Å². The zero-order chi connectivity index (χ0) is 23.5. The van der Waals surface area contributed by atoms with Crippen molar-refractivity contribution in [1.29, 1.82) is 0 Å². The lowest BCUT2D eigenvalue weighted by Crippen LogP contribution is -2.55. The topological polar surface area (TPSA) is 114 Å². The summed E-state index contributed by atoms with van der Waals surface area (Å²) in [6.45, 7) is 6.57. The van der Waals surface area contributed by atoms with E-state index in [1.54, 1.807) is 20.8 Å². The second-order valence-electron chi connectivity index (χ2n) is 8.72. The van der Waals surface area contributed by atoms with Crippen LogP contribution in [0.3, 0.4) is 0 Å². The van der Waals surface area contributed by atoms with Crippen LogP contribution in [0.1, 0.15) is 44.7 Å². The summed E-state index contributed by atoms with van der Waals surface area (Å²) in [7, 11) is 0. The molecule has 2 aromatic rings. The normalized spacial score (nSPS) is 14.5. The molecule has 0 aliphatic heterocycles. The van der Waals surface area contributed by atoms with Crippen LogP contribution in [0.4, 0.5) is 9.59 Å². The average Bonchev–Trinajstić information content (AvgIpc) is 3.03. The van der Waals surface area contributed by atoms with Gasteiger partial charge in [0, 0.05) is 5.92 Å². The molecule has 8 nitrogen and oxygen atoms in total. The lowest BCUT2D eigenvalue weighted by atomic mass is 9.98. The number of nitrogens with one attached hydrogen (secondary N) is 2. The number of ether oxygens (including phenoxy) is 2. The first-order valence-corrected chi connectivity index (χ1v) is 10.4. The minimum atomic E-state index is -1.38. The smallest absolute Gasteiger partial charge is 0.408 e. The molecule has 0 fully saturated rings. The molecule has 0 unspecified atom stereocenters. The van der Waals surface area contributed by atoms with Crippen LogP contribution in [0.25, 0.3) is 11.1 Å². The van der Waals surface area contributed by atoms with Crippen molar-refractivity contribution in [3.8, 4) is 11.1 Å². The molecule has 0 radical (unpaired) electrons. The number of benzene rings is 2. The van der Waals surface area contributed by atoms with Crippen LogP contribution in [0.2, 0.25) is 0 Å². The van der Waals surface area contributed by atoms with E-state index < -0.39 is 35.8 Å². The molecule has 0 saturated heterocycles. The first kappa shape index (κ1) is 23.1. The number of hydrogen-bond donors (Lipinski definition) is 3. The summed E-state index contributed by atoms with van der Waals surface area (Å²) in [5.74, 6) is -1.42. The fourth-order valence-corrected chi connectivity index (χ4v) is 3.74. The molecule has 0 spiro atoms. The highest BCUT2D eigenvalue weighted by Gasteiger charge is 2.32. The van der Waals surface area contributed by atoms with Gasteiger partial charge in [-0.15, -0.1) is 0 Å². The van der Waals surface area contributed by atoms with Crippen LogP contribution in [-0.2, 0) is 14.3 Å². The molecule has 3 rings (SSSR count). The monoisotopic (exact) mass is 440 g/mol. The van der Waals surface area contributed by atoms with E-state index in [-0.39, 0.29) is 12.5 Å². The van der Waals surface area contributed by atoms with E-state index in [1.807, 2.05) is 48.5 Å². The van der Waals surface area contributed by atoms with E-state index in [0.717, 1.165) is 22.3 Å². The maximum atomic E-state index is 12.4. The molecule has 1 aliphatic rings. The van der Waals surface area contributed by atoms with Crippen molar-refractivity contribution in [3.63, 3.8) is 0 Å². The summed E-state index contributed by atoms with van der Waals surface area (Å²) in [5, 5.41) is 14.2. The van der Waals surface area contributed by atoms with E-state index in [2.05, 4.69) is 10.6 Å².